The van der Waals surface area contributed by atoms with E-state index in [1.165, 1.54) is 31.2 Å². The highest BCUT2D eigenvalue weighted by Crippen LogP contribution is 2.07. The fourth-order valence-corrected chi connectivity index (χ4v) is 0.932. The molecule has 7 nitrogen and oxygen atoms in total. The van der Waals surface area contributed by atoms with Crippen LogP contribution in [0.1, 0.15) is 10.5 Å². The van der Waals surface area contributed by atoms with Crippen molar-refractivity contribution in [3.05, 3.63) is 17.8 Å². The molecule has 86 valence electrons. The summed E-state index contributed by atoms with van der Waals surface area (Å²) in [6, 6.07) is 1.34. The van der Waals surface area contributed by atoms with Gasteiger partial charge in [-0.25, -0.2) is 14.3 Å². The van der Waals surface area contributed by atoms with Gasteiger partial charge in [0, 0.05) is 18.3 Å². The Bertz CT molecular complexity index is 436. The minimum Gasteiger partial charge on any atom is -0.466 e. The van der Waals surface area contributed by atoms with Crippen LogP contribution in [0.25, 0.3) is 6.20 Å². The molecule has 0 radical (unpaired) electrons. The first-order valence-corrected chi connectivity index (χ1v) is 4.28. The summed E-state index contributed by atoms with van der Waals surface area (Å²) in [5.74, 6) is -0.938. The topological polar surface area (TPSA) is 96.4 Å². The van der Waals surface area contributed by atoms with Crippen molar-refractivity contribution in [3.8, 4) is 0 Å². The summed E-state index contributed by atoms with van der Waals surface area (Å²) in [5.41, 5.74) is 5.62. The normalized spacial score (nSPS) is 10.4. The molecule has 0 saturated heterocycles. The molecule has 0 aliphatic heterocycles. The summed E-state index contributed by atoms with van der Waals surface area (Å²) >= 11 is 0. The van der Waals surface area contributed by atoms with Gasteiger partial charge in [-0.3, -0.25) is 0 Å². The van der Waals surface area contributed by atoms with Crippen molar-refractivity contribution in [2.75, 3.05) is 20.0 Å². The van der Waals surface area contributed by atoms with E-state index in [0.29, 0.717) is 0 Å². The van der Waals surface area contributed by atoms with Crippen LogP contribution in [0.5, 0.6) is 0 Å². The Kier molecular flexibility index (Phi) is 3.65. The first-order chi connectivity index (χ1) is 7.58. The van der Waals surface area contributed by atoms with Gasteiger partial charge in [-0.05, 0) is 0 Å². The Labute approximate surface area is 91.4 Å². The molecule has 0 aromatic carbocycles. The number of nitrogen functional groups attached to an aromatic ring is 1. The van der Waals surface area contributed by atoms with E-state index in [0.717, 1.165) is 6.08 Å². The lowest BCUT2D eigenvalue weighted by Gasteiger charge is -1.94. The number of nitrogens with two attached hydrogens (primary N) is 1. The van der Waals surface area contributed by atoms with Crippen LogP contribution in [0.15, 0.2) is 12.1 Å². The smallest absolute Gasteiger partial charge is 0.358 e. The van der Waals surface area contributed by atoms with Gasteiger partial charge in [0.05, 0.1) is 14.2 Å². The number of nitrogens with zero attached hydrogens (tertiary/aromatic N) is 2. The van der Waals surface area contributed by atoms with Gasteiger partial charge in [-0.2, -0.15) is 5.10 Å². The van der Waals surface area contributed by atoms with Crippen molar-refractivity contribution in [1.29, 1.82) is 0 Å². The molecule has 0 atom stereocenters. The second-order valence-corrected chi connectivity index (χ2v) is 2.73. The van der Waals surface area contributed by atoms with Crippen LogP contribution in [-0.4, -0.2) is 35.9 Å². The fourth-order valence-electron chi connectivity index (χ4n) is 0.932. The van der Waals surface area contributed by atoms with Crippen molar-refractivity contribution in [1.82, 2.24) is 9.78 Å². The van der Waals surface area contributed by atoms with Gasteiger partial charge < -0.3 is 15.2 Å². The van der Waals surface area contributed by atoms with Crippen LogP contribution in [0.2, 0.25) is 0 Å². The summed E-state index contributed by atoms with van der Waals surface area (Å²) in [6.45, 7) is 0. The van der Waals surface area contributed by atoms with Crippen LogP contribution in [0, 0.1) is 0 Å². The van der Waals surface area contributed by atoms with Gasteiger partial charge in [0.15, 0.2) is 5.69 Å². The van der Waals surface area contributed by atoms with Crippen molar-refractivity contribution >= 4 is 24.0 Å². The van der Waals surface area contributed by atoms with Gasteiger partial charge in [0.25, 0.3) is 0 Å². The van der Waals surface area contributed by atoms with E-state index in [9.17, 15) is 9.59 Å². The number of anilines is 1. The molecule has 1 aromatic heterocycles. The standard InChI is InChI=1S/C9H11N3O4/c1-15-8(13)3-4-12-7(10)5-6(11-12)9(14)16-2/h3-5H,10H2,1-2H3/b4-3+. The van der Waals surface area contributed by atoms with Crippen molar-refractivity contribution in [3.63, 3.8) is 0 Å². The maximum Gasteiger partial charge on any atom is 0.358 e. The summed E-state index contributed by atoms with van der Waals surface area (Å²) in [7, 11) is 2.49. The van der Waals surface area contributed by atoms with Crippen LogP contribution in [0.3, 0.4) is 0 Å². The van der Waals surface area contributed by atoms with Gasteiger partial charge in [0.2, 0.25) is 0 Å². The number of hydrogen-bond acceptors (Lipinski definition) is 6. The van der Waals surface area contributed by atoms with E-state index in [1.54, 1.807) is 0 Å². The zero-order chi connectivity index (χ0) is 12.1. The van der Waals surface area contributed by atoms with Crippen molar-refractivity contribution < 1.29 is 19.1 Å². The third-order valence-corrected chi connectivity index (χ3v) is 1.71. The second-order valence-electron chi connectivity index (χ2n) is 2.73. The molecule has 1 heterocycles. The first-order valence-electron chi connectivity index (χ1n) is 4.28. The number of hydrogen-bond donors (Lipinski definition) is 1. The van der Waals surface area contributed by atoms with Crippen LogP contribution >= 0.6 is 0 Å². The molecule has 0 bridgehead atoms. The number of rotatable bonds is 3. The lowest BCUT2D eigenvalue weighted by Crippen LogP contribution is -2.03. The lowest BCUT2D eigenvalue weighted by molar-refractivity contribution is -0.134. The highest BCUT2D eigenvalue weighted by molar-refractivity contribution is 5.88. The SMILES string of the molecule is COC(=O)/C=C/n1nc(C(=O)OC)cc1N. The largest absolute Gasteiger partial charge is 0.466 e. The van der Waals surface area contributed by atoms with Crippen LogP contribution < -0.4 is 5.73 Å². The number of ether oxygens (including phenoxy) is 2. The van der Waals surface area contributed by atoms with E-state index < -0.39 is 11.9 Å². The average Bonchev–Trinajstić information content (AvgIpc) is 2.66. The summed E-state index contributed by atoms with van der Waals surface area (Å²) in [5, 5.41) is 3.81. The molecule has 0 aliphatic rings. The second kappa shape index (κ2) is 4.96. The van der Waals surface area contributed by atoms with Gasteiger partial charge >= 0.3 is 11.9 Å². The molecule has 7 heteroatoms. The van der Waals surface area contributed by atoms with E-state index in [4.69, 9.17) is 5.73 Å². The van der Waals surface area contributed by atoms with Crippen LogP contribution in [-0.2, 0) is 14.3 Å². The van der Waals surface area contributed by atoms with Crippen LogP contribution in [0.4, 0.5) is 5.82 Å². The predicted octanol–water partition coefficient (Wildman–Crippen LogP) is -0.104. The van der Waals surface area contributed by atoms with E-state index in [2.05, 4.69) is 14.6 Å². The molecule has 0 aliphatic carbocycles. The number of methoxy groups -OCH3 is 2. The number of carbonyl (C=O) groups is 2. The lowest BCUT2D eigenvalue weighted by atomic mass is 10.4. The van der Waals surface area contributed by atoms with Crippen molar-refractivity contribution in [2.45, 2.75) is 0 Å². The predicted molar refractivity (Wildman–Crippen MR) is 55.3 cm³/mol. The molecule has 0 unspecified atom stereocenters. The third kappa shape index (κ3) is 2.59. The van der Waals surface area contributed by atoms with E-state index in [-0.39, 0.29) is 11.5 Å². The highest BCUT2D eigenvalue weighted by Gasteiger charge is 2.11. The monoisotopic (exact) mass is 225 g/mol. The van der Waals surface area contributed by atoms with Gasteiger partial charge in [-0.15, -0.1) is 0 Å². The number of aromatic nitrogens is 2. The minimum absolute atomic E-state index is 0.0644. The molecule has 16 heavy (non-hydrogen) atoms. The fraction of sp³-hybridized carbons (Fsp3) is 0.222. The minimum atomic E-state index is -0.600. The Hall–Kier alpha value is -2.31. The molecule has 0 saturated carbocycles. The average molecular weight is 225 g/mol. The molecule has 1 aromatic rings. The molecule has 0 amide bonds. The summed E-state index contributed by atoms with van der Waals surface area (Å²) < 4.78 is 10.0. The molecule has 0 spiro atoms. The Morgan fingerprint density at radius 2 is 2.12 bits per heavy atom. The maximum atomic E-state index is 11.1. The van der Waals surface area contributed by atoms with E-state index in [1.807, 2.05) is 0 Å². The molecule has 0 fully saturated rings. The highest BCUT2D eigenvalue weighted by atomic mass is 16.5. The Morgan fingerprint density at radius 3 is 2.69 bits per heavy atom. The van der Waals surface area contributed by atoms with E-state index >= 15 is 0 Å². The molecular formula is C9H11N3O4. The maximum absolute atomic E-state index is 11.1. The van der Waals surface area contributed by atoms with Crippen molar-refractivity contribution in [2.24, 2.45) is 0 Å². The third-order valence-electron chi connectivity index (χ3n) is 1.71. The molecule has 1 rings (SSSR count). The summed E-state index contributed by atoms with van der Waals surface area (Å²) in [6.07, 6.45) is 2.41. The summed E-state index contributed by atoms with van der Waals surface area (Å²) in [4.78, 5) is 21.9. The first kappa shape index (κ1) is 11.8. The molecule has 2 N–H and O–H groups in total. The zero-order valence-corrected chi connectivity index (χ0v) is 8.84. The Morgan fingerprint density at radius 1 is 1.44 bits per heavy atom. The number of carbonyl (C=O) groups excluding carboxylic acids is 2. The van der Waals surface area contributed by atoms with Gasteiger partial charge in [-0.1, -0.05) is 0 Å². The quantitative estimate of drug-likeness (QED) is 0.569. The van der Waals surface area contributed by atoms with Gasteiger partial charge in [0.1, 0.15) is 5.82 Å². The molecular weight excluding hydrogens is 214 g/mol. The number of esters is 2. The zero-order valence-electron chi connectivity index (χ0n) is 8.84. The Balaban J connectivity index is 2.90.